The highest BCUT2D eigenvalue weighted by atomic mass is 79.9. The summed E-state index contributed by atoms with van der Waals surface area (Å²) in [6.07, 6.45) is 0. The van der Waals surface area contributed by atoms with Crippen LogP contribution >= 0.6 is 28.1 Å². The van der Waals surface area contributed by atoms with Crippen LogP contribution in [0.2, 0.25) is 0 Å². The van der Waals surface area contributed by atoms with Crippen molar-refractivity contribution in [2.75, 3.05) is 18.1 Å². The highest BCUT2D eigenvalue weighted by Crippen LogP contribution is 2.27. The Balaban J connectivity index is 1.81. The first kappa shape index (κ1) is 20.2. The molecule has 0 bridgehead atoms. The van der Waals surface area contributed by atoms with E-state index in [4.69, 9.17) is 21.4 Å². The summed E-state index contributed by atoms with van der Waals surface area (Å²) < 4.78 is 12.2. The van der Waals surface area contributed by atoms with Crippen LogP contribution in [0.5, 0.6) is 5.75 Å². The van der Waals surface area contributed by atoms with Gasteiger partial charge in [0.05, 0.1) is 0 Å². The molecule has 0 aliphatic heterocycles. The van der Waals surface area contributed by atoms with Gasteiger partial charge in [0.15, 0.2) is 5.82 Å². The van der Waals surface area contributed by atoms with Gasteiger partial charge in [0.2, 0.25) is 0 Å². The van der Waals surface area contributed by atoms with Gasteiger partial charge in [0, 0.05) is 23.1 Å². The van der Waals surface area contributed by atoms with E-state index in [1.54, 1.807) is 6.07 Å². The Hall–Kier alpha value is -2.52. The van der Waals surface area contributed by atoms with Crippen LogP contribution in [0.1, 0.15) is 19.4 Å². The van der Waals surface area contributed by atoms with E-state index in [-0.39, 0.29) is 4.84 Å². The highest BCUT2D eigenvalue weighted by molar-refractivity contribution is 9.10. The second-order valence-corrected chi connectivity index (χ2v) is 7.49. The lowest BCUT2D eigenvalue weighted by Crippen LogP contribution is -2.24. The second kappa shape index (κ2) is 9.11. The van der Waals surface area contributed by atoms with Gasteiger partial charge in [-0.25, -0.2) is 5.10 Å². The molecule has 28 heavy (non-hydrogen) atoms. The van der Waals surface area contributed by atoms with Gasteiger partial charge in [-0.1, -0.05) is 22.5 Å². The summed E-state index contributed by atoms with van der Waals surface area (Å²) >= 11 is 8.42. The number of hydrogen-bond acceptors (Lipinski definition) is 7. The molecule has 146 valence electrons. The normalized spacial score (nSPS) is 10.7. The van der Waals surface area contributed by atoms with Gasteiger partial charge in [-0.05, 0) is 62.0 Å². The number of nitrogens with one attached hydrogen (secondary N) is 1. The molecule has 3 aromatic rings. The third-order valence-electron chi connectivity index (χ3n) is 3.87. The molecule has 0 aliphatic rings. The van der Waals surface area contributed by atoms with Crippen molar-refractivity contribution in [1.29, 1.82) is 0 Å². The van der Waals surface area contributed by atoms with Crippen LogP contribution in [0.4, 0.5) is 5.82 Å². The van der Waals surface area contributed by atoms with Crippen molar-refractivity contribution in [3.8, 4) is 17.3 Å². The monoisotopic (exact) mass is 461 g/mol. The lowest BCUT2D eigenvalue weighted by molar-refractivity contribution is 0.348. The van der Waals surface area contributed by atoms with Crippen LogP contribution in [0.3, 0.4) is 0 Å². The average Bonchev–Trinajstić information content (AvgIpc) is 3.12. The molecule has 0 saturated heterocycles. The number of benzene rings is 1. The summed E-state index contributed by atoms with van der Waals surface area (Å²) in [5, 5.41) is 15.1. The van der Waals surface area contributed by atoms with Crippen molar-refractivity contribution in [3.05, 3.63) is 57.4 Å². The number of aromatic amines is 1. The Kier molecular flexibility index (Phi) is 6.58. The van der Waals surface area contributed by atoms with E-state index in [2.05, 4.69) is 54.7 Å². The third-order valence-corrected chi connectivity index (χ3v) is 4.54. The smallest absolute Gasteiger partial charge is 0.284 e. The number of H-pyrrole nitrogens is 1. The molecule has 2 aromatic heterocycles. The SMILES string of the molecule is C=C(C)COc1ccc(Br)cc1CN(CC)c1ccc(-c2n[nH]c(=S)o2)nn1. The zero-order chi connectivity index (χ0) is 20.1. The van der Waals surface area contributed by atoms with E-state index in [1.165, 1.54) is 0 Å². The van der Waals surface area contributed by atoms with Crippen molar-refractivity contribution >= 4 is 34.0 Å². The minimum absolute atomic E-state index is 0.202. The number of anilines is 1. The fourth-order valence-corrected chi connectivity index (χ4v) is 3.05. The van der Waals surface area contributed by atoms with Crippen LogP contribution < -0.4 is 9.64 Å². The fraction of sp³-hybridized carbons (Fsp3) is 0.263. The minimum atomic E-state index is 0.202. The molecule has 0 aliphatic carbocycles. The topological polar surface area (TPSA) is 80.1 Å². The number of rotatable bonds is 8. The summed E-state index contributed by atoms with van der Waals surface area (Å²) in [6, 6.07) is 9.65. The number of hydrogen-bond donors (Lipinski definition) is 1. The van der Waals surface area contributed by atoms with Crippen LogP contribution in [0.25, 0.3) is 11.6 Å². The van der Waals surface area contributed by atoms with Crippen molar-refractivity contribution in [1.82, 2.24) is 20.4 Å². The number of halogens is 1. The lowest BCUT2D eigenvalue weighted by atomic mass is 10.2. The maximum Gasteiger partial charge on any atom is 0.284 e. The Morgan fingerprint density at radius 3 is 2.75 bits per heavy atom. The molecule has 0 radical (unpaired) electrons. The molecule has 0 spiro atoms. The van der Waals surface area contributed by atoms with Gasteiger partial charge in [-0.15, -0.1) is 15.3 Å². The predicted molar refractivity (Wildman–Crippen MR) is 114 cm³/mol. The lowest BCUT2D eigenvalue weighted by Gasteiger charge is -2.23. The van der Waals surface area contributed by atoms with Crippen LogP contribution in [-0.4, -0.2) is 33.5 Å². The maximum absolute atomic E-state index is 5.90. The molecule has 3 rings (SSSR count). The predicted octanol–water partition coefficient (Wildman–Crippen LogP) is 4.93. The number of ether oxygens (including phenoxy) is 1. The molecule has 0 atom stereocenters. The first-order valence-electron chi connectivity index (χ1n) is 8.66. The van der Waals surface area contributed by atoms with E-state index in [0.29, 0.717) is 24.7 Å². The van der Waals surface area contributed by atoms with E-state index in [1.807, 2.05) is 31.2 Å². The molecule has 7 nitrogen and oxygen atoms in total. The molecule has 0 saturated carbocycles. The highest BCUT2D eigenvalue weighted by Gasteiger charge is 2.14. The van der Waals surface area contributed by atoms with Gasteiger partial charge in [0.1, 0.15) is 18.1 Å². The summed E-state index contributed by atoms with van der Waals surface area (Å²) in [5.74, 6) is 1.88. The Bertz CT molecular complexity index is 1020. The van der Waals surface area contributed by atoms with Gasteiger partial charge < -0.3 is 14.1 Å². The largest absolute Gasteiger partial charge is 0.489 e. The zero-order valence-corrected chi connectivity index (χ0v) is 18.0. The van der Waals surface area contributed by atoms with E-state index in [0.717, 1.165) is 33.7 Å². The van der Waals surface area contributed by atoms with Crippen molar-refractivity contribution in [2.45, 2.75) is 20.4 Å². The molecular formula is C19H20BrN5O2S. The molecular weight excluding hydrogens is 442 g/mol. The molecule has 9 heteroatoms. The maximum atomic E-state index is 5.90. The van der Waals surface area contributed by atoms with Gasteiger partial charge in [0.25, 0.3) is 10.7 Å². The Morgan fingerprint density at radius 1 is 1.32 bits per heavy atom. The first-order chi connectivity index (χ1) is 13.5. The summed E-state index contributed by atoms with van der Waals surface area (Å²) in [4.78, 5) is 2.31. The van der Waals surface area contributed by atoms with Crippen LogP contribution in [-0.2, 0) is 6.54 Å². The molecule has 0 unspecified atom stereocenters. The first-order valence-corrected chi connectivity index (χ1v) is 9.86. The van der Waals surface area contributed by atoms with E-state index >= 15 is 0 Å². The summed E-state index contributed by atoms with van der Waals surface area (Å²) in [5.41, 5.74) is 2.52. The van der Waals surface area contributed by atoms with Gasteiger partial charge >= 0.3 is 0 Å². The Labute approximate surface area is 176 Å². The van der Waals surface area contributed by atoms with E-state index < -0.39 is 0 Å². The Morgan fingerprint density at radius 2 is 2.14 bits per heavy atom. The van der Waals surface area contributed by atoms with Crippen molar-refractivity contribution in [2.24, 2.45) is 0 Å². The van der Waals surface area contributed by atoms with E-state index in [9.17, 15) is 0 Å². The van der Waals surface area contributed by atoms with Crippen LogP contribution in [0.15, 0.2) is 51.4 Å². The average molecular weight is 462 g/mol. The quantitative estimate of drug-likeness (QED) is 0.376. The molecule has 0 amide bonds. The van der Waals surface area contributed by atoms with Crippen molar-refractivity contribution in [3.63, 3.8) is 0 Å². The molecule has 0 fully saturated rings. The number of nitrogens with zero attached hydrogens (tertiary/aromatic N) is 4. The summed E-state index contributed by atoms with van der Waals surface area (Å²) in [6.45, 7) is 9.75. The second-order valence-electron chi connectivity index (χ2n) is 6.21. The van der Waals surface area contributed by atoms with Gasteiger partial charge in [-0.3, -0.25) is 0 Å². The molecule has 2 heterocycles. The third kappa shape index (κ3) is 5.05. The molecule has 1 N–H and O–H groups in total. The minimum Gasteiger partial charge on any atom is -0.489 e. The van der Waals surface area contributed by atoms with Crippen molar-refractivity contribution < 1.29 is 9.15 Å². The zero-order valence-electron chi connectivity index (χ0n) is 15.6. The summed E-state index contributed by atoms with van der Waals surface area (Å²) in [7, 11) is 0. The molecule has 1 aromatic carbocycles. The number of aromatic nitrogens is 4. The standard InChI is InChI=1S/C19H20BrN5O2S/c1-4-25(10-13-9-14(20)5-7-16(13)26-11-12(2)3)17-8-6-15(21-22-17)18-23-24-19(28)27-18/h5-9H,2,4,10-11H2,1,3H3,(H,24,28). The van der Waals surface area contributed by atoms with Crippen LogP contribution in [0, 0.1) is 4.84 Å². The van der Waals surface area contributed by atoms with Gasteiger partial charge in [-0.2, -0.15) is 0 Å². The fourth-order valence-electron chi connectivity index (χ4n) is 2.52.